The minimum absolute atomic E-state index is 0.414. The van der Waals surface area contributed by atoms with Crippen molar-refractivity contribution in [1.29, 1.82) is 0 Å². The molecular weight excluding hydrogens is 328 g/mol. The number of carbonyl (C=O) groups excluding carboxylic acids is 1. The second-order valence-electron chi connectivity index (χ2n) is 5.96. The van der Waals surface area contributed by atoms with Gasteiger partial charge >= 0.3 is 6.09 Å². The van der Waals surface area contributed by atoms with Gasteiger partial charge in [-0.2, -0.15) is 0 Å². The largest absolute Gasteiger partial charge is 0.496 e. The van der Waals surface area contributed by atoms with E-state index in [1.165, 1.54) is 0 Å². The molecule has 1 amide bonds. The fourth-order valence-electron chi connectivity index (χ4n) is 2.40. The number of hydrogen-bond acceptors (Lipinski definition) is 4. The summed E-state index contributed by atoms with van der Waals surface area (Å²) in [6.07, 6.45) is 5.83. The smallest absolute Gasteiger partial charge is 0.426 e. The Hall–Kier alpha value is -3.05. The Morgan fingerprint density at radius 3 is 2.35 bits per heavy atom. The lowest BCUT2D eigenvalue weighted by Crippen LogP contribution is -2.33. The van der Waals surface area contributed by atoms with E-state index in [9.17, 15) is 4.79 Å². The lowest BCUT2D eigenvalue weighted by Gasteiger charge is -2.14. The van der Waals surface area contributed by atoms with Crippen LogP contribution in [0.15, 0.2) is 54.1 Å². The number of hydrazine groups is 1. The third-order valence-electron chi connectivity index (χ3n) is 3.71. The Kier molecular flexibility index (Phi) is 7.00. The quantitative estimate of drug-likeness (QED) is 0.267. The number of allylic oxidation sites excluding steroid dienone is 2. The number of methoxy groups -OCH3 is 1. The minimum atomic E-state index is -0.727. The third kappa shape index (κ3) is 5.50. The highest BCUT2D eigenvalue weighted by Gasteiger charge is 2.14. The molecule has 0 saturated heterocycles. The minimum Gasteiger partial charge on any atom is -0.496 e. The summed E-state index contributed by atoms with van der Waals surface area (Å²) < 4.78 is 10.9. The second kappa shape index (κ2) is 9.44. The van der Waals surface area contributed by atoms with Gasteiger partial charge in [-0.15, -0.1) is 0 Å². The van der Waals surface area contributed by atoms with E-state index < -0.39 is 6.09 Å². The molecule has 0 unspecified atom stereocenters. The van der Waals surface area contributed by atoms with E-state index in [-0.39, 0.29) is 0 Å². The number of rotatable bonds is 6. The van der Waals surface area contributed by atoms with Crippen LogP contribution in [0.3, 0.4) is 0 Å². The average Bonchev–Trinajstić information content (AvgIpc) is 2.65. The zero-order chi connectivity index (χ0) is 18.9. The van der Waals surface area contributed by atoms with Crippen LogP contribution in [-0.2, 0) is 6.42 Å². The van der Waals surface area contributed by atoms with E-state index in [4.69, 9.17) is 15.3 Å². The topological polar surface area (TPSA) is 73.6 Å². The highest BCUT2D eigenvalue weighted by molar-refractivity contribution is 5.74. The van der Waals surface area contributed by atoms with Crippen LogP contribution >= 0.6 is 0 Å². The zero-order valence-corrected chi connectivity index (χ0v) is 15.3. The summed E-state index contributed by atoms with van der Waals surface area (Å²) in [4.78, 5) is 11.6. The predicted octanol–water partition coefficient (Wildman–Crippen LogP) is 4.34. The summed E-state index contributed by atoms with van der Waals surface area (Å²) in [5.74, 6) is 6.22. The first-order chi connectivity index (χ1) is 12.5. The molecule has 5 nitrogen and oxygen atoms in total. The van der Waals surface area contributed by atoms with E-state index in [2.05, 4.69) is 0 Å². The van der Waals surface area contributed by atoms with Crippen LogP contribution in [-0.4, -0.2) is 13.2 Å². The van der Waals surface area contributed by atoms with Gasteiger partial charge in [0.05, 0.1) is 7.11 Å². The molecule has 0 aliphatic heterocycles. The lowest BCUT2D eigenvalue weighted by molar-refractivity contribution is 0.200. The van der Waals surface area contributed by atoms with Gasteiger partial charge in [-0.05, 0) is 43.5 Å². The first-order valence-electron chi connectivity index (χ1n) is 8.29. The fourth-order valence-corrected chi connectivity index (χ4v) is 2.40. The lowest BCUT2D eigenvalue weighted by atomic mass is 10.0. The highest BCUT2D eigenvalue weighted by Crippen LogP contribution is 2.32. The van der Waals surface area contributed by atoms with E-state index in [1.807, 2.05) is 73.9 Å². The second-order valence-corrected chi connectivity index (χ2v) is 5.96. The summed E-state index contributed by atoms with van der Waals surface area (Å²) in [5, 5.41) is 0. The summed E-state index contributed by atoms with van der Waals surface area (Å²) in [5.41, 5.74) is 5.86. The van der Waals surface area contributed by atoms with E-state index in [0.717, 1.165) is 22.3 Å². The average molecular weight is 352 g/mol. The van der Waals surface area contributed by atoms with Crippen LogP contribution in [0.2, 0.25) is 0 Å². The fraction of sp³-hybridized carbons (Fsp3) is 0.190. The molecule has 2 aromatic carbocycles. The van der Waals surface area contributed by atoms with Crippen molar-refractivity contribution in [3.8, 4) is 11.5 Å². The van der Waals surface area contributed by atoms with Gasteiger partial charge < -0.3 is 9.47 Å². The van der Waals surface area contributed by atoms with Gasteiger partial charge in [0, 0.05) is 5.56 Å². The van der Waals surface area contributed by atoms with E-state index >= 15 is 0 Å². The van der Waals surface area contributed by atoms with Crippen molar-refractivity contribution in [2.24, 2.45) is 5.84 Å². The van der Waals surface area contributed by atoms with Gasteiger partial charge in [0.1, 0.15) is 11.5 Å². The molecule has 0 saturated carbocycles. The Labute approximate surface area is 154 Å². The number of hydrogen-bond donors (Lipinski definition) is 2. The number of amides is 1. The van der Waals surface area contributed by atoms with Gasteiger partial charge in [-0.25, -0.2) is 10.6 Å². The van der Waals surface area contributed by atoms with Crippen LogP contribution < -0.4 is 20.7 Å². The number of ether oxygens (including phenoxy) is 2. The first kappa shape index (κ1) is 19.3. The Morgan fingerprint density at radius 1 is 1.08 bits per heavy atom. The molecule has 0 heterocycles. The SMILES string of the molecule is COc1cc(/C=C/c2ccccc2)cc(OC(=O)NN)c1CC=C(C)C. The monoisotopic (exact) mass is 352 g/mol. The normalized spacial score (nSPS) is 10.5. The van der Waals surface area contributed by atoms with Gasteiger partial charge in [-0.3, -0.25) is 5.43 Å². The van der Waals surface area contributed by atoms with Gasteiger partial charge in [-0.1, -0.05) is 54.1 Å². The van der Waals surface area contributed by atoms with E-state index in [1.54, 1.807) is 13.2 Å². The predicted molar refractivity (Wildman–Crippen MR) is 105 cm³/mol. The maximum atomic E-state index is 11.6. The third-order valence-corrected chi connectivity index (χ3v) is 3.71. The Bertz CT molecular complexity index is 808. The Morgan fingerprint density at radius 2 is 1.73 bits per heavy atom. The number of nitrogens with two attached hydrogens (primary N) is 1. The maximum absolute atomic E-state index is 11.6. The molecule has 0 aliphatic rings. The first-order valence-corrected chi connectivity index (χ1v) is 8.29. The summed E-state index contributed by atoms with van der Waals surface area (Å²) in [6.45, 7) is 4.02. The molecule has 0 aliphatic carbocycles. The molecule has 0 fully saturated rings. The zero-order valence-electron chi connectivity index (χ0n) is 15.3. The molecular formula is C21H24N2O3. The van der Waals surface area contributed by atoms with Crippen LogP contribution in [0.25, 0.3) is 12.2 Å². The Balaban J connectivity index is 2.43. The summed E-state index contributed by atoms with van der Waals surface area (Å²) in [6, 6.07) is 13.7. The van der Waals surface area contributed by atoms with E-state index in [0.29, 0.717) is 17.9 Å². The maximum Gasteiger partial charge on any atom is 0.426 e. The summed E-state index contributed by atoms with van der Waals surface area (Å²) in [7, 11) is 1.60. The van der Waals surface area contributed by atoms with Crippen molar-refractivity contribution in [2.45, 2.75) is 20.3 Å². The van der Waals surface area contributed by atoms with Gasteiger partial charge in [0.2, 0.25) is 0 Å². The molecule has 2 rings (SSSR count). The van der Waals surface area contributed by atoms with Gasteiger partial charge in [0.25, 0.3) is 0 Å². The number of benzene rings is 2. The van der Waals surface area contributed by atoms with Crippen LogP contribution in [0.5, 0.6) is 11.5 Å². The molecule has 0 radical (unpaired) electrons. The molecule has 0 bridgehead atoms. The molecule has 26 heavy (non-hydrogen) atoms. The number of carbonyl (C=O) groups is 1. The molecule has 0 spiro atoms. The van der Waals surface area contributed by atoms with Crippen molar-refractivity contribution in [3.05, 3.63) is 70.8 Å². The van der Waals surface area contributed by atoms with Gasteiger partial charge in [0.15, 0.2) is 0 Å². The van der Waals surface area contributed by atoms with Crippen LogP contribution in [0, 0.1) is 0 Å². The molecule has 3 N–H and O–H groups in total. The molecule has 0 aromatic heterocycles. The van der Waals surface area contributed by atoms with Crippen LogP contribution in [0.1, 0.15) is 30.5 Å². The van der Waals surface area contributed by atoms with Crippen molar-refractivity contribution < 1.29 is 14.3 Å². The van der Waals surface area contributed by atoms with Crippen LogP contribution in [0.4, 0.5) is 4.79 Å². The van der Waals surface area contributed by atoms with Crippen molar-refractivity contribution in [1.82, 2.24) is 5.43 Å². The standard InChI is InChI=1S/C21H24N2O3/c1-15(2)9-12-18-19(25-3)13-17(14-20(18)26-21(24)23-22)11-10-16-7-5-4-6-8-16/h4-11,13-14H,12,22H2,1-3H3,(H,23,24)/b11-10+. The molecule has 2 aromatic rings. The molecule has 0 atom stereocenters. The number of nitrogens with one attached hydrogen (secondary N) is 1. The highest BCUT2D eigenvalue weighted by atomic mass is 16.6. The molecule has 136 valence electrons. The summed E-state index contributed by atoms with van der Waals surface area (Å²) >= 11 is 0. The molecule has 5 heteroatoms. The van der Waals surface area contributed by atoms with Crippen molar-refractivity contribution in [3.63, 3.8) is 0 Å². The van der Waals surface area contributed by atoms with Crippen molar-refractivity contribution in [2.75, 3.05) is 7.11 Å². The van der Waals surface area contributed by atoms with Crippen molar-refractivity contribution >= 4 is 18.2 Å².